The molecule has 6 heteroatoms. The molecule has 0 radical (unpaired) electrons. The van der Waals surface area contributed by atoms with Gasteiger partial charge in [-0.3, -0.25) is 4.79 Å². The number of benzene rings is 1. The second-order valence-corrected chi connectivity index (χ2v) is 7.49. The molecule has 0 saturated carbocycles. The number of unbranched alkanes of at least 4 members (excludes halogenated alkanes) is 2. The van der Waals surface area contributed by atoms with Crippen LogP contribution in [0, 0.1) is 6.92 Å². The fourth-order valence-corrected chi connectivity index (χ4v) is 2.93. The van der Waals surface area contributed by atoms with Crippen LogP contribution in [0.1, 0.15) is 37.3 Å². The van der Waals surface area contributed by atoms with Gasteiger partial charge in [-0.2, -0.15) is 4.31 Å². The normalized spacial score (nSPS) is 11.6. The van der Waals surface area contributed by atoms with Crippen molar-refractivity contribution in [3.05, 3.63) is 35.4 Å². The molecular weight excluding hydrogens is 300 g/mol. The first kappa shape index (κ1) is 18.6. The van der Waals surface area contributed by atoms with Crippen LogP contribution in [-0.4, -0.2) is 38.0 Å². The Kier molecular flexibility index (Phi) is 7.55. The largest absolute Gasteiger partial charge is 0.351 e. The summed E-state index contributed by atoms with van der Waals surface area (Å²) in [4.78, 5) is 12.0. The molecule has 0 aliphatic heterocycles. The van der Waals surface area contributed by atoms with Gasteiger partial charge in [-0.15, -0.1) is 0 Å². The van der Waals surface area contributed by atoms with Crippen LogP contribution in [0.5, 0.6) is 0 Å². The number of aryl methyl sites for hydroxylation is 1. The summed E-state index contributed by atoms with van der Waals surface area (Å²) in [6.07, 6.45) is 3.89. The van der Waals surface area contributed by atoms with Gasteiger partial charge < -0.3 is 5.32 Å². The number of amides is 1. The number of hydrogen-bond donors (Lipinski definition) is 1. The van der Waals surface area contributed by atoms with Crippen molar-refractivity contribution in [1.82, 2.24) is 9.62 Å². The zero-order chi connectivity index (χ0) is 16.6. The van der Waals surface area contributed by atoms with Crippen molar-refractivity contribution in [2.75, 3.05) is 19.3 Å². The summed E-state index contributed by atoms with van der Waals surface area (Å²) in [6, 6.07) is 7.79. The van der Waals surface area contributed by atoms with Crippen molar-refractivity contribution in [1.29, 1.82) is 0 Å². The van der Waals surface area contributed by atoms with Gasteiger partial charge in [0.05, 0.1) is 12.8 Å². The molecule has 0 bridgehead atoms. The number of sulfonamides is 1. The van der Waals surface area contributed by atoms with Crippen LogP contribution in [0.25, 0.3) is 0 Å². The Bertz CT molecular complexity index is 585. The summed E-state index contributed by atoms with van der Waals surface area (Å²) in [5.41, 5.74) is 2.14. The van der Waals surface area contributed by atoms with Gasteiger partial charge in [-0.1, -0.05) is 44.0 Å². The van der Waals surface area contributed by atoms with Crippen molar-refractivity contribution in [3.63, 3.8) is 0 Å². The third-order valence-electron chi connectivity index (χ3n) is 3.54. The van der Waals surface area contributed by atoms with Crippen LogP contribution in [0.2, 0.25) is 0 Å². The maximum absolute atomic E-state index is 12.0. The number of hydrogen-bond acceptors (Lipinski definition) is 3. The van der Waals surface area contributed by atoms with Gasteiger partial charge in [0, 0.05) is 13.1 Å². The molecule has 0 atom stereocenters. The third kappa shape index (κ3) is 6.58. The van der Waals surface area contributed by atoms with Crippen LogP contribution in [0.15, 0.2) is 24.3 Å². The van der Waals surface area contributed by atoms with Crippen LogP contribution in [-0.2, 0) is 21.4 Å². The fraction of sp³-hybridized carbons (Fsp3) is 0.562. The Morgan fingerprint density at radius 3 is 2.50 bits per heavy atom. The molecule has 5 nitrogen and oxygen atoms in total. The van der Waals surface area contributed by atoms with Crippen LogP contribution >= 0.6 is 0 Å². The van der Waals surface area contributed by atoms with Crippen molar-refractivity contribution in [2.45, 2.75) is 39.7 Å². The van der Waals surface area contributed by atoms with Gasteiger partial charge in [-0.25, -0.2) is 8.42 Å². The molecule has 0 spiro atoms. The first-order chi connectivity index (χ1) is 10.3. The molecule has 124 valence electrons. The van der Waals surface area contributed by atoms with Gasteiger partial charge >= 0.3 is 0 Å². The highest BCUT2D eigenvalue weighted by molar-refractivity contribution is 7.88. The maximum atomic E-state index is 12.0. The van der Waals surface area contributed by atoms with Gasteiger partial charge in [0.2, 0.25) is 15.9 Å². The highest BCUT2D eigenvalue weighted by Gasteiger charge is 2.19. The summed E-state index contributed by atoms with van der Waals surface area (Å²) >= 11 is 0. The molecule has 22 heavy (non-hydrogen) atoms. The predicted octanol–water partition coefficient (Wildman–Crippen LogP) is 2.06. The predicted molar refractivity (Wildman–Crippen MR) is 89.0 cm³/mol. The molecule has 0 aliphatic carbocycles. The van der Waals surface area contributed by atoms with E-state index in [2.05, 4.69) is 12.2 Å². The minimum absolute atomic E-state index is 0.117. The molecule has 0 unspecified atom stereocenters. The van der Waals surface area contributed by atoms with Gasteiger partial charge in [0.15, 0.2) is 0 Å². The topological polar surface area (TPSA) is 66.5 Å². The minimum Gasteiger partial charge on any atom is -0.351 e. The van der Waals surface area contributed by atoms with E-state index in [1.807, 2.05) is 31.2 Å². The van der Waals surface area contributed by atoms with E-state index in [-0.39, 0.29) is 12.5 Å². The smallest absolute Gasteiger partial charge is 0.235 e. The summed E-state index contributed by atoms with van der Waals surface area (Å²) in [5, 5.41) is 2.79. The van der Waals surface area contributed by atoms with Gasteiger partial charge in [0.1, 0.15) is 0 Å². The second kappa shape index (κ2) is 8.90. The molecule has 1 aromatic carbocycles. The zero-order valence-electron chi connectivity index (χ0n) is 13.6. The highest BCUT2D eigenvalue weighted by Crippen LogP contribution is 2.07. The van der Waals surface area contributed by atoms with Crippen LogP contribution < -0.4 is 5.32 Å². The molecule has 1 amide bonds. The lowest BCUT2D eigenvalue weighted by Crippen LogP contribution is -2.40. The highest BCUT2D eigenvalue weighted by atomic mass is 32.2. The Hall–Kier alpha value is -1.40. The Morgan fingerprint density at radius 2 is 1.91 bits per heavy atom. The SMILES string of the molecule is CCCCCN(CC(=O)NCc1ccccc1C)S(C)(=O)=O. The zero-order valence-corrected chi connectivity index (χ0v) is 14.4. The monoisotopic (exact) mass is 326 g/mol. The van der Waals surface area contributed by atoms with E-state index in [1.54, 1.807) is 0 Å². The average Bonchev–Trinajstić information content (AvgIpc) is 2.44. The molecule has 0 saturated heterocycles. The molecule has 1 N–H and O–H groups in total. The van der Waals surface area contributed by atoms with E-state index in [4.69, 9.17) is 0 Å². The lowest BCUT2D eigenvalue weighted by molar-refractivity contribution is -0.121. The van der Waals surface area contributed by atoms with Crippen molar-refractivity contribution in [2.24, 2.45) is 0 Å². The first-order valence-corrected chi connectivity index (χ1v) is 9.45. The third-order valence-corrected chi connectivity index (χ3v) is 4.79. The minimum atomic E-state index is -3.36. The number of carbonyl (C=O) groups is 1. The standard InChI is InChI=1S/C16H26N2O3S/c1-4-5-8-11-18(22(3,20)21)13-16(19)17-12-15-10-7-6-9-14(15)2/h6-7,9-10H,4-5,8,11-13H2,1-3H3,(H,17,19). The van der Waals surface area contributed by atoms with Gasteiger partial charge in [0.25, 0.3) is 0 Å². The van der Waals surface area contributed by atoms with E-state index in [0.29, 0.717) is 13.1 Å². The van der Waals surface area contributed by atoms with Crippen molar-refractivity contribution < 1.29 is 13.2 Å². The molecule has 0 aromatic heterocycles. The summed E-state index contributed by atoms with van der Waals surface area (Å²) in [5.74, 6) is -0.273. The number of nitrogens with one attached hydrogen (secondary N) is 1. The molecule has 0 heterocycles. The van der Waals surface area contributed by atoms with Crippen LogP contribution in [0.4, 0.5) is 0 Å². The van der Waals surface area contributed by atoms with E-state index in [9.17, 15) is 13.2 Å². The number of rotatable bonds is 9. The van der Waals surface area contributed by atoms with E-state index >= 15 is 0 Å². The Labute approximate surface area is 133 Å². The summed E-state index contributed by atoms with van der Waals surface area (Å²) in [6.45, 7) is 4.73. The Morgan fingerprint density at radius 1 is 1.23 bits per heavy atom. The molecule has 0 aliphatic rings. The lowest BCUT2D eigenvalue weighted by atomic mass is 10.1. The maximum Gasteiger partial charge on any atom is 0.235 e. The van der Waals surface area contributed by atoms with Gasteiger partial charge in [-0.05, 0) is 24.5 Å². The summed E-state index contributed by atoms with van der Waals surface area (Å²) < 4.78 is 24.7. The van der Waals surface area contributed by atoms with Crippen molar-refractivity contribution in [3.8, 4) is 0 Å². The molecular formula is C16H26N2O3S. The lowest BCUT2D eigenvalue weighted by Gasteiger charge is -2.19. The fourth-order valence-electron chi connectivity index (χ4n) is 2.12. The van der Waals surface area contributed by atoms with E-state index in [1.165, 1.54) is 4.31 Å². The average molecular weight is 326 g/mol. The second-order valence-electron chi connectivity index (χ2n) is 5.51. The van der Waals surface area contributed by atoms with E-state index in [0.717, 1.165) is 36.6 Å². The Balaban J connectivity index is 2.54. The molecule has 0 fully saturated rings. The number of carbonyl (C=O) groups excluding carboxylic acids is 1. The first-order valence-electron chi connectivity index (χ1n) is 7.61. The van der Waals surface area contributed by atoms with Crippen LogP contribution in [0.3, 0.4) is 0 Å². The summed E-state index contributed by atoms with van der Waals surface area (Å²) in [7, 11) is -3.36. The molecule has 1 aromatic rings. The van der Waals surface area contributed by atoms with E-state index < -0.39 is 10.0 Å². The quantitative estimate of drug-likeness (QED) is 0.706. The number of nitrogens with zero attached hydrogens (tertiary/aromatic N) is 1. The van der Waals surface area contributed by atoms with Crippen molar-refractivity contribution >= 4 is 15.9 Å². The molecule has 1 rings (SSSR count).